The van der Waals surface area contributed by atoms with E-state index in [1.54, 1.807) is 25.1 Å². The molecule has 0 amide bonds. The second kappa shape index (κ2) is 7.20. The lowest BCUT2D eigenvalue weighted by molar-refractivity contribution is 0.199. The maximum absolute atomic E-state index is 12.3. The number of hydrogen-bond acceptors (Lipinski definition) is 3. The smallest absolute Gasteiger partial charge is 0.240 e. The average Bonchev–Trinajstić information content (AvgIpc) is 2.36. The third kappa shape index (κ3) is 5.23. The molecule has 1 aromatic rings. The molecular weight excluding hydrogens is 274 g/mol. The van der Waals surface area contributed by atoms with Gasteiger partial charge in [-0.05, 0) is 50.3 Å². The Balaban J connectivity index is 2.80. The number of nitrogens with one attached hydrogen (secondary N) is 1. The third-order valence-electron chi connectivity index (χ3n) is 3.18. The molecule has 4 nitrogen and oxygen atoms in total. The largest absolute Gasteiger partial charge is 0.389 e. The van der Waals surface area contributed by atoms with Gasteiger partial charge in [-0.25, -0.2) is 13.1 Å². The van der Waals surface area contributed by atoms with Crippen molar-refractivity contribution >= 4 is 10.0 Å². The van der Waals surface area contributed by atoms with Gasteiger partial charge in [0, 0.05) is 6.04 Å². The number of rotatable bonds is 7. The minimum atomic E-state index is -3.52. The molecule has 0 heterocycles. The number of aliphatic hydroxyl groups is 1. The van der Waals surface area contributed by atoms with Gasteiger partial charge >= 0.3 is 0 Å². The summed E-state index contributed by atoms with van der Waals surface area (Å²) in [6, 6.07) is 6.32. The molecule has 114 valence electrons. The summed E-state index contributed by atoms with van der Waals surface area (Å²) < 4.78 is 27.2. The first-order valence-electron chi connectivity index (χ1n) is 7.02. The van der Waals surface area contributed by atoms with Crippen LogP contribution in [0.1, 0.15) is 52.2 Å². The molecule has 0 fully saturated rings. The summed E-state index contributed by atoms with van der Waals surface area (Å²) in [5.74, 6) is 0.556. The maximum Gasteiger partial charge on any atom is 0.240 e. The molecular formula is C15H25NO3S. The van der Waals surface area contributed by atoms with Crippen molar-refractivity contribution in [2.75, 3.05) is 0 Å². The maximum atomic E-state index is 12.3. The molecule has 0 radical (unpaired) electrons. The Labute approximate surface area is 122 Å². The summed E-state index contributed by atoms with van der Waals surface area (Å²) in [5.41, 5.74) is 0.600. The fraction of sp³-hybridized carbons (Fsp3) is 0.600. The van der Waals surface area contributed by atoms with Crippen molar-refractivity contribution in [2.45, 2.75) is 57.6 Å². The van der Waals surface area contributed by atoms with Crippen LogP contribution in [0.4, 0.5) is 0 Å². The van der Waals surface area contributed by atoms with Gasteiger partial charge in [0.15, 0.2) is 0 Å². The van der Waals surface area contributed by atoms with Crippen molar-refractivity contribution < 1.29 is 13.5 Å². The first-order valence-corrected chi connectivity index (χ1v) is 8.51. The standard InChI is InChI=1S/C15H25NO3S/c1-11(2)8-9-12(3)16-20(18,19)15-7-5-6-14(10-15)13(4)17/h5-7,10-13,16-17H,8-9H2,1-4H3. The fourth-order valence-electron chi connectivity index (χ4n) is 1.92. The lowest BCUT2D eigenvalue weighted by atomic mass is 10.1. The van der Waals surface area contributed by atoms with Crippen LogP contribution >= 0.6 is 0 Å². The molecule has 0 saturated carbocycles. The van der Waals surface area contributed by atoms with Gasteiger partial charge in [-0.15, -0.1) is 0 Å². The molecule has 2 unspecified atom stereocenters. The van der Waals surface area contributed by atoms with Crippen molar-refractivity contribution in [1.29, 1.82) is 0 Å². The van der Waals surface area contributed by atoms with E-state index in [0.29, 0.717) is 11.5 Å². The summed E-state index contributed by atoms with van der Waals surface area (Å²) in [4.78, 5) is 0.201. The molecule has 0 saturated heterocycles. The minimum absolute atomic E-state index is 0.0994. The van der Waals surface area contributed by atoms with Gasteiger partial charge in [0.05, 0.1) is 11.0 Å². The summed E-state index contributed by atoms with van der Waals surface area (Å²) in [6.07, 6.45) is 1.12. The zero-order valence-electron chi connectivity index (χ0n) is 12.6. The highest BCUT2D eigenvalue weighted by Crippen LogP contribution is 2.18. The molecule has 0 aliphatic carbocycles. The van der Waals surface area contributed by atoms with Crippen LogP contribution < -0.4 is 4.72 Å². The average molecular weight is 299 g/mol. The highest BCUT2D eigenvalue weighted by atomic mass is 32.2. The quantitative estimate of drug-likeness (QED) is 0.813. The predicted octanol–water partition coefficient (Wildman–Crippen LogP) is 2.84. The Morgan fingerprint density at radius 3 is 2.35 bits per heavy atom. The summed E-state index contributed by atoms with van der Waals surface area (Å²) in [6.45, 7) is 7.73. The van der Waals surface area contributed by atoms with E-state index in [4.69, 9.17) is 0 Å². The van der Waals surface area contributed by atoms with E-state index in [2.05, 4.69) is 18.6 Å². The molecule has 1 aromatic carbocycles. The highest BCUT2D eigenvalue weighted by molar-refractivity contribution is 7.89. The SMILES string of the molecule is CC(C)CCC(C)NS(=O)(=O)c1cccc(C(C)O)c1. The summed E-state index contributed by atoms with van der Waals surface area (Å²) >= 11 is 0. The van der Waals surface area contributed by atoms with Crippen molar-refractivity contribution in [3.05, 3.63) is 29.8 Å². The van der Waals surface area contributed by atoms with E-state index >= 15 is 0 Å². The van der Waals surface area contributed by atoms with Crippen LogP contribution in [0.25, 0.3) is 0 Å². The molecule has 2 atom stereocenters. The van der Waals surface area contributed by atoms with Crippen LogP contribution in [-0.4, -0.2) is 19.6 Å². The second-order valence-corrected chi connectivity index (χ2v) is 7.46. The van der Waals surface area contributed by atoms with E-state index in [1.807, 2.05) is 6.92 Å². The first kappa shape index (κ1) is 17.1. The van der Waals surface area contributed by atoms with Gasteiger partial charge in [0.2, 0.25) is 10.0 Å². The first-order chi connectivity index (χ1) is 9.22. The Kier molecular flexibility index (Phi) is 6.17. The Morgan fingerprint density at radius 2 is 1.80 bits per heavy atom. The summed E-state index contributed by atoms with van der Waals surface area (Å²) in [5, 5.41) is 9.53. The molecule has 0 bridgehead atoms. The third-order valence-corrected chi connectivity index (χ3v) is 4.77. The van der Waals surface area contributed by atoms with Gasteiger partial charge < -0.3 is 5.11 Å². The number of aliphatic hydroxyl groups excluding tert-OH is 1. The van der Waals surface area contributed by atoms with Crippen LogP contribution in [0.15, 0.2) is 29.2 Å². The van der Waals surface area contributed by atoms with Gasteiger partial charge in [-0.1, -0.05) is 26.0 Å². The fourth-order valence-corrected chi connectivity index (χ4v) is 3.25. The topological polar surface area (TPSA) is 66.4 Å². The van der Waals surface area contributed by atoms with Crippen molar-refractivity contribution in [3.8, 4) is 0 Å². The van der Waals surface area contributed by atoms with E-state index in [1.165, 1.54) is 6.07 Å². The molecule has 5 heteroatoms. The van der Waals surface area contributed by atoms with Gasteiger partial charge in [0.25, 0.3) is 0 Å². The highest BCUT2D eigenvalue weighted by Gasteiger charge is 2.18. The van der Waals surface area contributed by atoms with E-state index < -0.39 is 16.1 Å². The second-order valence-electron chi connectivity index (χ2n) is 5.74. The van der Waals surface area contributed by atoms with Crippen LogP contribution in [0, 0.1) is 5.92 Å². The van der Waals surface area contributed by atoms with Crippen molar-refractivity contribution in [3.63, 3.8) is 0 Å². The monoisotopic (exact) mass is 299 g/mol. The normalized spacial score (nSPS) is 15.3. The number of sulfonamides is 1. The molecule has 0 aromatic heterocycles. The molecule has 0 spiro atoms. The minimum Gasteiger partial charge on any atom is -0.389 e. The summed E-state index contributed by atoms with van der Waals surface area (Å²) in [7, 11) is -3.52. The predicted molar refractivity (Wildman–Crippen MR) is 80.9 cm³/mol. The molecule has 2 N–H and O–H groups in total. The van der Waals surface area contributed by atoms with Gasteiger partial charge in [-0.3, -0.25) is 0 Å². The lowest BCUT2D eigenvalue weighted by Crippen LogP contribution is -2.32. The van der Waals surface area contributed by atoms with Gasteiger partial charge in [-0.2, -0.15) is 0 Å². The Hall–Kier alpha value is -0.910. The molecule has 0 aliphatic rings. The molecule has 1 rings (SSSR count). The van der Waals surface area contributed by atoms with Gasteiger partial charge in [0.1, 0.15) is 0 Å². The van der Waals surface area contributed by atoms with Crippen molar-refractivity contribution in [1.82, 2.24) is 4.72 Å². The number of benzene rings is 1. The van der Waals surface area contributed by atoms with E-state index in [9.17, 15) is 13.5 Å². The zero-order chi connectivity index (χ0) is 15.3. The van der Waals surface area contributed by atoms with Crippen LogP contribution in [-0.2, 0) is 10.0 Å². The molecule has 20 heavy (non-hydrogen) atoms. The van der Waals surface area contributed by atoms with Crippen LogP contribution in [0.3, 0.4) is 0 Å². The lowest BCUT2D eigenvalue weighted by Gasteiger charge is -2.16. The van der Waals surface area contributed by atoms with Crippen LogP contribution in [0.2, 0.25) is 0 Å². The van der Waals surface area contributed by atoms with E-state index in [-0.39, 0.29) is 10.9 Å². The van der Waals surface area contributed by atoms with E-state index in [0.717, 1.165) is 12.8 Å². The number of hydrogen-bond donors (Lipinski definition) is 2. The Bertz CT molecular complexity index is 524. The molecule has 0 aliphatic heterocycles. The zero-order valence-corrected chi connectivity index (χ0v) is 13.4. The van der Waals surface area contributed by atoms with Crippen LogP contribution in [0.5, 0.6) is 0 Å². The Morgan fingerprint density at radius 1 is 1.15 bits per heavy atom. The van der Waals surface area contributed by atoms with Crippen molar-refractivity contribution in [2.24, 2.45) is 5.92 Å².